The van der Waals surface area contributed by atoms with Crippen molar-refractivity contribution in [2.75, 3.05) is 0 Å². The highest BCUT2D eigenvalue weighted by atomic mass is 32.1. The number of rotatable bonds is 4. The lowest BCUT2D eigenvalue weighted by Gasteiger charge is -2.22. The van der Waals surface area contributed by atoms with Gasteiger partial charge in [-0.05, 0) is 24.0 Å². The van der Waals surface area contributed by atoms with Crippen molar-refractivity contribution in [3.63, 3.8) is 0 Å². The number of hydrogen-bond acceptors (Lipinski definition) is 2. The van der Waals surface area contributed by atoms with Gasteiger partial charge in [0.15, 0.2) is 0 Å². The third-order valence-corrected chi connectivity index (χ3v) is 3.88. The molecule has 2 heteroatoms. The molecule has 1 aromatic rings. The Morgan fingerprint density at radius 1 is 1.38 bits per heavy atom. The first-order valence-electron chi connectivity index (χ1n) is 4.89. The zero-order chi connectivity index (χ0) is 9.90. The molecule has 0 aliphatic rings. The molecule has 0 unspecified atom stereocenters. The highest BCUT2D eigenvalue weighted by Crippen LogP contribution is 2.33. The van der Waals surface area contributed by atoms with Crippen LogP contribution in [0.4, 0.5) is 0 Å². The summed E-state index contributed by atoms with van der Waals surface area (Å²) >= 11 is 1.85. The van der Waals surface area contributed by atoms with E-state index in [4.69, 9.17) is 5.73 Å². The summed E-state index contributed by atoms with van der Waals surface area (Å²) < 4.78 is 0. The number of nitrogens with two attached hydrogens (primary N) is 1. The summed E-state index contributed by atoms with van der Waals surface area (Å²) in [6.07, 6.45) is 2.49. The molecule has 1 rings (SSSR count). The van der Waals surface area contributed by atoms with Crippen LogP contribution in [0.15, 0.2) is 12.1 Å². The highest BCUT2D eigenvalue weighted by molar-refractivity contribution is 7.12. The maximum absolute atomic E-state index is 5.59. The van der Waals surface area contributed by atoms with E-state index in [9.17, 15) is 0 Å². The van der Waals surface area contributed by atoms with Crippen molar-refractivity contribution in [1.29, 1.82) is 0 Å². The van der Waals surface area contributed by atoms with Gasteiger partial charge in [-0.1, -0.05) is 27.2 Å². The van der Waals surface area contributed by atoms with E-state index in [-0.39, 0.29) is 0 Å². The van der Waals surface area contributed by atoms with Crippen molar-refractivity contribution in [2.24, 2.45) is 5.73 Å². The second kappa shape index (κ2) is 4.25. The summed E-state index contributed by atoms with van der Waals surface area (Å²) in [5.41, 5.74) is 5.92. The fourth-order valence-electron chi connectivity index (χ4n) is 1.60. The average Bonchev–Trinajstić information content (AvgIpc) is 2.52. The van der Waals surface area contributed by atoms with E-state index >= 15 is 0 Å². The molecule has 0 spiro atoms. The predicted molar refractivity (Wildman–Crippen MR) is 60.1 cm³/mol. The Morgan fingerprint density at radius 2 is 2.08 bits per heavy atom. The molecule has 0 aromatic carbocycles. The number of thiophene rings is 1. The van der Waals surface area contributed by atoms with Gasteiger partial charge in [-0.3, -0.25) is 0 Å². The first-order chi connectivity index (χ1) is 6.10. The molecule has 1 nitrogen and oxygen atoms in total. The summed E-state index contributed by atoms with van der Waals surface area (Å²) in [5.74, 6) is 0. The first-order valence-corrected chi connectivity index (χ1v) is 5.71. The largest absolute Gasteiger partial charge is 0.326 e. The lowest BCUT2D eigenvalue weighted by atomic mass is 9.86. The third-order valence-electron chi connectivity index (χ3n) is 2.40. The van der Waals surface area contributed by atoms with Crippen molar-refractivity contribution in [2.45, 2.75) is 45.6 Å². The Morgan fingerprint density at radius 3 is 2.54 bits per heavy atom. The highest BCUT2D eigenvalue weighted by Gasteiger charge is 2.20. The van der Waals surface area contributed by atoms with Gasteiger partial charge in [-0.15, -0.1) is 11.3 Å². The van der Waals surface area contributed by atoms with Crippen LogP contribution in [0.1, 0.15) is 43.4 Å². The second-order valence-electron chi connectivity index (χ2n) is 4.10. The molecule has 0 saturated heterocycles. The van der Waals surface area contributed by atoms with Gasteiger partial charge in [-0.25, -0.2) is 0 Å². The van der Waals surface area contributed by atoms with Crippen molar-refractivity contribution >= 4 is 11.3 Å². The number of hydrogen-bond donors (Lipinski definition) is 1. The molecule has 0 aliphatic carbocycles. The van der Waals surface area contributed by atoms with Crippen LogP contribution in [-0.4, -0.2) is 0 Å². The Balaban J connectivity index is 2.80. The van der Waals surface area contributed by atoms with Crippen molar-refractivity contribution in [1.82, 2.24) is 0 Å². The maximum Gasteiger partial charge on any atom is 0.0273 e. The molecule has 0 fully saturated rings. The molecule has 13 heavy (non-hydrogen) atoms. The van der Waals surface area contributed by atoms with Crippen LogP contribution in [0.3, 0.4) is 0 Å². The molecule has 0 atom stereocenters. The Hall–Kier alpha value is -0.340. The molecule has 0 aliphatic heterocycles. The van der Waals surface area contributed by atoms with E-state index < -0.39 is 0 Å². The lowest BCUT2D eigenvalue weighted by Crippen LogP contribution is -2.14. The molecule has 1 heterocycles. The topological polar surface area (TPSA) is 26.0 Å². The van der Waals surface area contributed by atoms with Gasteiger partial charge in [-0.2, -0.15) is 0 Å². The van der Waals surface area contributed by atoms with Crippen LogP contribution in [0.25, 0.3) is 0 Å². The van der Waals surface area contributed by atoms with Gasteiger partial charge in [0.25, 0.3) is 0 Å². The molecule has 1 aromatic heterocycles. The summed E-state index contributed by atoms with van der Waals surface area (Å²) in [6, 6.07) is 4.37. The molecule has 0 amide bonds. The first kappa shape index (κ1) is 10.7. The Kier molecular flexibility index (Phi) is 3.51. The van der Waals surface area contributed by atoms with Gasteiger partial charge < -0.3 is 5.73 Å². The summed E-state index contributed by atoms with van der Waals surface area (Å²) in [6.45, 7) is 7.53. The molecular weight excluding hydrogens is 178 g/mol. The van der Waals surface area contributed by atoms with Gasteiger partial charge in [0.1, 0.15) is 0 Å². The molecule has 0 saturated carbocycles. The van der Waals surface area contributed by atoms with E-state index in [1.807, 2.05) is 11.3 Å². The van der Waals surface area contributed by atoms with E-state index in [2.05, 4.69) is 32.9 Å². The summed E-state index contributed by atoms with van der Waals surface area (Å²) in [5, 5.41) is 0. The lowest BCUT2D eigenvalue weighted by molar-refractivity contribution is 0.482. The zero-order valence-electron chi connectivity index (χ0n) is 8.76. The van der Waals surface area contributed by atoms with Gasteiger partial charge in [0.05, 0.1) is 0 Å². The van der Waals surface area contributed by atoms with Crippen LogP contribution < -0.4 is 5.73 Å². The Labute approximate surface area is 85.0 Å². The smallest absolute Gasteiger partial charge is 0.0273 e. The monoisotopic (exact) mass is 197 g/mol. The SMILES string of the molecule is CCCC(C)(C)c1ccc(CN)s1. The standard InChI is InChI=1S/C11H19NS/c1-4-7-11(2,3)10-6-5-9(8-12)13-10/h5-6H,4,7-8,12H2,1-3H3. The van der Waals surface area contributed by atoms with Crippen LogP contribution in [0, 0.1) is 0 Å². The van der Waals surface area contributed by atoms with E-state index in [1.54, 1.807) is 0 Å². The fourth-order valence-corrected chi connectivity index (χ4v) is 2.62. The van der Waals surface area contributed by atoms with Crippen molar-refractivity contribution in [3.8, 4) is 0 Å². The van der Waals surface area contributed by atoms with Gasteiger partial charge in [0, 0.05) is 16.3 Å². The van der Waals surface area contributed by atoms with Crippen LogP contribution in [-0.2, 0) is 12.0 Å². The van der Waals surface area contributed by atoms with Crippen LogP contribution in [0.2, 0.25) is 0 Å². The molecule has 0 bridgehead atoms. The third kappa shape index (κ3) is 2.55. The molecular formula is C11H19NS. The van der Waals surface area contributed by atoms with Gasteiger partial charge in [0.2, 0.25) is 0 Å². The van der Waals surface area contributed by atoms with Crippen LogP contribution >= 0.6 is 11.3 Å². The Bertz CT molecular complexity index is 263. The quantitative estimate of drug-likeness (QED) is 0.787. The van der Waals surface area contributed by atoms with E-state index in [1.165, 1.54) is 22.6 Å². The van der Waals surface area contributed by atoms with E-state index in [0.717, 1.165) is 0 Å². The minimum Gasteiger partial charge on any atom is -0.326 e. The summed E-state index contributed by atoms with van der Waals surface area (Å²) in [7, 11) is 0. The minimum atomic E-state index is 0.326. The minimum absolute atomic E-state index is 0.326. The fraction of sp³-hybridized carbons (Fsp3) is 0.636. The predicted octanol–water partition coefficient (Wildman–Crippen LogP) is 3.28. The van der Waals surface area contributed by atoms with Gasteiger partial charge >= 0.3 is 0 Å². The average molecular weight is 197 g/mol. The van der Waals surface area contributed by atoms with Crippen LogP contribution in [0.5, 0.6) is 0 Å². The second-order valence-corrected chi connectivity index (χ2v) is 5.27. The molecule has 0 radical (unpaired) electrons. The normalized spacial score (nSPS) is 12.0. The van der Waals surface area contributed by atoms with Crippen molar-refractivity contribution in [3.05, 3.63) is 21.9 Å². The molecule has 74 valence electrons. The maximum atomic E-state index is 5.59. The summed E-state index contributed by atoms with van der Waals surface area (Å²) in [4.78, 5) is 2.76. The molecule has 2 N–H and O–H groups in total. The van der Waals surface area contributed by atoms with E-state index in [0.29, 0.717) is 12.0 Å². The van der Waals surface area contributed by atoms with Crippen molar-refractivity contribution < 1.29 is 0 Å². The zero-order valence-corrected chi connectivity index (χ0v) is 9.58.